The summed E-state index contributed by atoms with van der Waals surface area (Å²) in [6.45, 7) is 5.15. The summed E-state index contributed by atoms with van der Waals surface area (Å²) in [5.74, 6) is 0. The highest BCUT2D eigenvalue weighted by atomic mass is 16.5. The van der Waals surface area contributed by atoms with Crippen LogP contribution in [0.1, 0.15) is 45.4 Å². The van der Waals surface area contributed by atoms with Crippen LogP contribution in [0, 0.1) is 5.41 Å². The van der Waals surface area contributed by atoms with Gasteiger partial charge in [-0.05, 0) is 31.1 Å². The molecular formula is C13H25NO2. The van der Waals surface area contributed by atoms with Crippen LogP contribution >= 0.6 is 0 Å². The fraction of sp³-hybridized carbons (Fsp3) is 1.00. The van der Waals surface area contributed by atoms with E-state index in [0.717, 1.165) is 45.4 Å². The molecule has 0 amide bonds. The Balaban J connectivity index is 1.76. The van der Waals surface area contributed by atoms with Crippen LogP contribution in [-0.2, 0) is 4.74 Å². The number of aliphatic hydroxyl groups is 1. The Bertz CT molecular complexity index is 214. The number of rotatable bonds is 3. The predicted molar refractivity (Wildman–Crippen MR) is 64.4 cm³/mol. The van der Waals surface area contributed by atoms with Crippen LogP contribution in [-0.4, -0.2) is 37.0 Å². The minimum absolute atomic E-state index is 0.128. The molecule has 3 nitrogen and oxygen atoms in total. The minimum atomic E-state index is -0.128. The van der Waals surface area contributed by atoms with Crippen molar-refractivity contribution < 1.29 is 9.84 Å². The lowest BCUT2D eigenvalue weighted by Gasteiger charge is -2.37. The van der Waals surface area contributed by atoms with Crippen LogP contribution in [0.5, 0.6) is 0 Å². The quantitative estimate of drug-likeness (QED) is 0.771. The van der Waals surface area contributed by atoms with Gasteiger partial charge >= 0.3 is 0 Å². The standard InChI is InChI=1S/C13H25NO2/c1-13(6-8-16-9-7-13)10-14-11-4-2-3-5-12(11)15/h11-12,14-15H,2-10H2,1H3. The maximum absolute atomic E-state index is 9.90. The van der Waals surface area contributed by atoms with Gasteiger partial charge in [0.1, 0.15) is 0 Å². The molecule has 3 heteroatoms. The lowest BCUT2D eigenvalue weighted by molar-refractivity contribution is 0.0166. The molecule has 1 heterocycles. The van der Waals surface area contributed by atoms with E-state index >= 15 is 0 Å². The third-order valence-corrected chi connectivity index (χ3v) is 4.22. The van der Waals surface area contributed by atoms with E-state index in [2.05, 4.69) is 12.2 Å². The molecule has 2 unspecified atom stereocenters. The normalized spacial score (nSPS) is 34.9. The van der Waals surface area contributed by atoms with Crippen molar-refractivity contribution in [3.63, 3.8) is 0 Å². The van der Waals surface area contributed by atoms with Gasteiger partial charge in [0.05, 0.1) is 6.10 Å². The van der Waals surface area contributed by atoms with Gasteiger partial charge in [-0.3, -0.25) is 0 Å². The van der Waals surface area contributed by atoms with Gasteiger partial charge in [-0.25, -0.2) is 0 Å². The van der Waals surface area contributed by atoms with E-state index in [1.807, 2.05) is 0 Å². The zero-order valence-corrected chi connectivity index (χ0v) is 10.4. The number of nitrogens with one attached hydrogen (secondary N) is 1. The topological polar surface area (TPSA) is 41.5 Å². The van der Waals surface area contributed by atoms with Crippen molar-refractivity contribution in [2.45, 2.75) is 57.6 Å². The van der Waals surface area contributed by atoms with Crippen LogP contribution in [0.25, 0.3) is 0 Å². The van der Waals surface area contributed by atoms with Gasteiger partial charge in [0.15, 0.2) is 0 Å². The second kappa shape index (κ2) is 5.48. The first kappa shape index (κ1) is 12.3. The summed E-state index contributed by atoms with van der Waals surface area (Å²) >= 11 is 0. The Labute approximate surface area is 98.6 Å². The van der Waals surface area contributed by atoms with E-state index < -0.39 is 0 Å². The first-order valence-electron chi connectivity index (χ1n) is 6.69. The molecule has 16 heavy (non-hydrogen) atoms. The summed E-state index contributed by atoms with van der Waals surface area (Å²) in [4.78, 5) is 0. The lowest BCUT2D eigenvalue weighted by atomic mass is 9.81. The smallest absolute Gasteiger partial charge is 0.0693 e. The van der Waals surface area contributed by atoms with Gasteiger partial charge in [0.2, 0.25) is 0 Å². The van der Waals surface area contributed by atoms with Crippen LogP contribution in [0.3, 0.4) is 0 Å². The lowest BCUT2D eigenvalue weighted by Crippen LogP contribution is -2.47. The average Bonchev–Trinajstić information content (AvgIpc) is 2.29. The van der Waals surface area contributed by atoms with Crippen molar-refractivity contribution in [2.75, 3.05) is 19.8 Å². The molecule has 2 rings (SSSR count). The Kier molecular flexibility index (Phi) is 4.22. The molecule has 0 aromatic heterocycles. The predicted octanol–water partition coefficient (Wildman–Crippen LogP) is 1.70. The van der Waals surface area contributed by atoms with Crippen LogP contribution in [0.15, 0.2) is 0 Å². The zero-order valence-electron chi connectivity index (χ0n) is 10.4. The summed E-state index contributed by atoms with van der Waals surface area (Å²) in [5.41, 5.74) is 0.370. The molecule has 1 saturated carbocycles. The molecule has 2 fully saturated rings. The highest BCUT2D eigenvalue weighted by Gasteiger charge is 2.30. The Morgan fingerprint density at radius 2 is 1.94 bits per heavy atom. The molecule has 94 valence electrons. The highest BCUT2D eigenvalue weighted by Crippen LogP contribution is 2.29. The molecule has 0 aromatic carbocycles. The molecule has 0 radical (unpaired) electrons. The third kappa shape index (κ3) is 3.19. The fourth-order valence-corrected chi connectivity index (χ4v) is 2.77. The van der Waals surface area contributed by atoms with Crippen LogP contribution in [0.4, 0.5) is 0 Å². The molecule has 2 aliphatic rings. The molecule has 0 spiro atoms. The highest BCUT2D eigenvalue weighted by molar-refractivity contribution is 4.85. The number of ether oxygens (including phenoxy) is 1. The minimum Gasteiger partial charge on any atom is -0.392 e. The summed E-state index contributed by atoms with van der Waals surface area (Å²) in [7, 11) is 0. The Hall–Kier alpha value is -0.120. The summed E-state index contributed by atoms with van der Waals surface area (Å²) < 4.78 is 5.40. The average molecular weight is 227 g/mol. The van der Waals surface area contributed by atoms with E-state index in [-0.39, 0.29) is 6.10 Å². The monoisotopic (exact) mass is 227 g/mol. The fourth-order valence-electron chi connectivity index (χ4n) is 2.77. The van der Waals surface area contributed by atoms with Crippen molar-refractivity contribution in [1.82, 2.24) is 5.32 Å². The maximum atomic E-state index is 9.90. The van der Waals surface area contributed by atoms with E-state index in [4.69, 9.17) is 4.74 Å². The van der Waals surface area contributed by atoms with Gasteiger partial charge < -0.3 is 15.2 Å². The first-order chi connectivity index (χ1) is 7.70. The van der Waals surface area contributed by atoms with Crippen LogP contribution in [0.2, 0.25) is 0 Å². The molecule has 0 aromatic rings. The van der Waals surface area contributed by atoms with Crippen molar-refractivity contribution in [2.24, 2.45) is 5.41 Å². The second-order valence-electron chi connectivity index (χ2n) is 5.76. The second-order valence-corrected chi connectivity index (χ2v) is 5.76. The van der Waals surface area contributed by atoms with Crippen molar-refractivity contribution >= 4 is 0 Å². The molecule has 1 aliphatic carbocycles. The Morgan fingerprint density at radius 3 is 2.62 bits per heavy atom. The largest absolute Gasteiger partial charge is 0.392 e. The van der Waals surface area contributed by atoms with Gasteiger partial charge in [-0.1, -0.05) is 19.8 Å². The van der Waals surface area contributed by atoms with Gasteiger partial charge in [0, 0.05) is 25.8 Å². The molecule has 1 saturated heterocycles. The van der Waals surface area contributed by atoms with Gasteiger partial charge in [-0.2, -0.15) is 0 Å². The molecule has 1 aliphatic heterocycles. The maximum Gasteiger partial charge on any atom is 0.0693 e. The molecule has 2 N–H and O–H groups in total. The third-order valence-electron chi connectivity index (χ3n) is 4.22. The Morgan fingerprint density at radius 1 is 1.25 bits per heavy atom. The molecular weight excluding hydrogens is 202 g/mol. The zero-order chi connectivity index (χ0) is 11.4. The SMILES string of the molecule is CC1(CNC2CCCCC2O)CCOCC1. The van der Waals surface area contributed by atoms with E-state index in [1.165, 1.54) is 12.8 Å². The first-order valence-corrected chi connectivity index (χ1v) is 6.69. The van der Waals surface area contributed by atoms with Crippen molar-refractivity contribution in [3.05, 3.63) is 0 Å². The van der Waals surface area contributed by atoms with E-state index in [0.29, 0.717) is 11.5 Å². The summed E-state index contributed by atoms with van der Waals surface area (Å²) in [5, 5.41) is 13.5. The van der Waals surface area contributed by atoms with E-state index in [9.17, 15) is 5.11 Å². The molecule has 0 bridgehead atoms. The van der Waals surface area contributed by atoms with Gasteiger partial charge in [-0.15, -0.1) is 0 Å². The molecule has 2 atom stereocenters. The van der Waals surface area contributed by atoms with Gasteiger partial charge in [0.25, 0.3) is 0 Å². The number of aliphatic hydroxyl groups excluding tert-OH is 1. The van der Waals surface area contributed by atoms with Crippen molar-refractivity contribution in [1.29, 1.82) is 0 Å². The van der Waals surface area contributed by atoms with Crippen molar-refractivity contribution in [3.8, 4) is 0 Å². The summed E-state index contributed by atoms with van der Waals surface area (Å²) in [6, 6.07) is 0.327. The van der Waals surface area contributed by atoms with Crippen LogP contribution < -0.4 is 5.32 Å². The summed E-state index contributed by atoms with van der Waals surface area (Å²) in [6.07, 6.45) is 6.70. The number of hydrogen-bond donors (Lipinski definition) is 2. The van der Waals surface area contributed by atoms with E-state index in [1.54, 1.807) is 0 Å². The number of hydrogen-bond acceptors (Lipinski definition) is 3.